The molecule has 1 heterocycles. The molecule has 2 rings (SSSR count). The van der Waals surface area contributed by atoms with Gasteiger partial charge in [-0.15, -0.1) is 0 Å². The summed E-state index contributed by atoms with van der Waals surface area (Å²) < 4.78 is 1.62. The van der Waals surface area contributed by atoms with Crippen molar-refractivity contribution in [2.24, 2.45) is 7.05 Å². The zero-order valence-electron chi connectivity index (χ0n) is 20.3. The number of aromatic carboxylic acids is 1. The van der Waals surface area contributed by atoms with Gasteiger partial charge in [0.1, 0.15) is 5.69 Å². The first-order chi connectivity index (χ1) is 15.6. The Hall–Kier alpha value is -2.10. The van der Waals surface area contributed by atoms with Gasteiger partial charge in [0.2, 0.25) is 0 Å². The van der Waals surface area contributed by atoms with Crippen LogP contribution in [0.25, 0.3) is 10.9 Å². The van der Waals surface area contributed by atoms with Gasteiger partial charge in [-0.2, -0.15) is 0 Å². The Morgan fingerprint density at radius 3 is 1.72 bits per heavy atom. The van der Waals surface area contributed by atoms with Gasteiger partial charge >= 0.3 is 5.97 Å². The maximum atomic E-state index is 12.9. The molecule has 0 fully saturated rings. The van der Waals surface area contributed by atoms with Crippen molar-refractivity contribution >= 4 is 22.7 Å². The molecule has 0 aliphatic heterocycles. The number of ketones is 1. The summed E-state index contributed by atoms with van der Waals surface area (Å²) in [4.78, 5) is 24.6. The minimum absolute atomic E-state index is 0.0473. The van der Waals surface area contributed by atoms with Crippen LogP contribution in [0.15, 0.2) is 24.3 Å². The maximum absolute atomic E-state index is 12.9. The summed E-state index contributed by atoms with van der Waals surface area (Å²) in [6.45, 7) is 2.27. The topological polar surface area (TPSA) is 59.3 Å². The lowest BCUT2D eigenvalue weighted by atomic mass is 10.00. The summed E-state index contributed by atoms with van der Waals surface area (Å²) in [5.74, 6) is -1.09. The van der Waals surface area contributed by atoms with Gasteiger partial charge in [0, 0.05) is 24.4 Å². The van der Waals surface area contributed by atoms with E-state index in [0.717, 1.165) is 30.2 Å². The molecule has 0 aliphatic carbocycles. The van der Waals surface area contributed by atoms with Crippen LogP contribution in [0, 0.1) is 0 Å². The van der Waals surface area contributed by atoms with Crippen LogP contribution < -0.4 is 0 Å². The first-order valence-electron chi connectivity index (χ1n) is 12.9. The van der Waals surface area contributed by atoms with Crippen LogP contribution in [0.3, 0.4) is 0 Å². The number of unbranched alkanes of at least 4 members (excludes halogenated alkanes) is 14. The molecule has 0 bridgehead atoms. The number of aryl methyl sites for hydroxylation is 1. The molecule has 1 aromatic carbocycles. The van der Waals surface area contributed by atoms with Crippen molar-refractivity contribution < 1.29 is 14.7 Å². The SMILES string of the molecule is CCCCCCCCCCCCCCCCCC(=O)c1c(C(=O)O)n(C)c2ccccc12. The number of benzene rings is 1. The predicted octanol–water partition coefficient (Wildman–Crippen LogP) is 8.32. The molecule has 0 radical (unpaired) electrons. The quantitative estimate of drug-likeness (QED) is 0.187. The lowest BCUT2D eigenvalue weighted by Crippen LogP contribution is -2.11. The van der Waals surface area contributed by atoms with E-state index in [2.05, 4.69) is 6.92 Å². The lowest BCUT2D eigenvalue weighted by molar-refractivity contribution is 0.0682. The van der Waals surface area contributed by atoms with Crippen LogP contribution in [0.2, 0.25) is 0 Å². The van der Waals surface area contributed by atoms with Crippen molar-refractivity contribution in [3.63, 3.8) is 0 Å². The van der Waals surface area contributed by atoms with E-state index in [9.17, 15) is 14.7 Å². The predicted molar refractivity (Wildman–Crippen MR) is 134 cm³/mol. The molecule has 0 aliphatic rings. The molecule has 178 valence electrons. The molecular weight excluding hydrogens is 398 g/mol. The lowest BCUT2D eigenvalue weighted by Gasteiger charge is -2.04. The van der Waals surface area contributed by atoms with E-state index in [1.54, 1.807) is 11.6 Å². The Labute approximate surface area is 194 Å². The minimum Gasteiger partial charge on any atom is -0.477 e. The fraction of sp³-hybridized carbons (Fsp3) is 0.643. The molecule has 0 saturated carbocycles. The van der Waals surface area contributed by atoms with Crippen molar-refractivity contribution in [2.75, 3.05) is 0 Å². The largest absolute Gasteiger partial charge is 0.477 e. The number of carbonyl (C=O) groups excluding carboxylic acids is 1. The van der Waals surface area contributed by atoms with E-state index >= 15 is 0 Å². The van der Waals surface area contributed by atoms with Gasteiger partial charge in [-0.05, 0) is 12.5 Å². The molecule has 0 amide bonds. The second kappa shape index (κ2) is 14.9. The van der Waals surface area contributed by atoms with Gasteiger partial charge < -0.3 is 9.67 Å². The van der Waals surface area contributed by atoms with Crippen molar-refractivity contribution in [3.8, 4) is 0 Å². The molecule has 4 nitrogen and oxygen atoms in total. The summed E-state index contributed by atoms with van der Waals surface area (Å²) in [6.07, 6.45) is 19.8. The highest BCUT2D eigenvalue weighted by Gasteiger charge is 2.24. The molecule has 1 aromatic heterocycles. The number of carboxylic acid groups (broad SMARTS) is 1. The molecule has 0 spiro atoms. The van der Waals surface area contributed by atoms with E-state index < -0.39 is 5.97 Å². The molecule has 0 unspecified atom stereocenters. The maximum Gasteiger partial charge on any atom is 0.353 e. The van der Waals surface area contributed by atoms with E-state index in [0.29, 0.717) is 12.0 Å². The molecule has 1 N–H and O–H groups in total. The normalized spacial score (nSPS) is 11.3. The third kappa shape index (κ3) is 8.11. The van der Waals surface area contributed by atoms with Crippen LogP contribution in [-0.4, -0.2) is 21.4 Å². The second-order valence-electron chi connectivity index (χ2n) is 9.23. The highest BCUT2D eigenvalue weighted by molar-refractivity contribution is 6.15. The number of rotatable bonds is 18. The van der Waals surface area contributed by atoms with Crippen molar-refractivity contribution in [1.82, 2.24) is 4.57 Å². The number of nitrogens with zero attached hydrogens (tertiary/aromatic N) is 1. The van der Waals surface area contributed by atoms with E-state index in [1.807, 2.05) is 24.3 Å². The number of fused-ring (bicyclic) bond motifs is 1. The third-order valence-corrected chi connectivity index (χ3v) is 6.60. The number of carbonyl (C=O) groups is 2. The molecular formula is C28H43NO3. The van der Waals surface area contributed by atoms with Crippen LogP contribution in [-0.2, 0) is 7.05 Å². The Morgan fingerprint density at radius 2 is 1.22 bits per heavy atom. The molecule has 4 heteroatoms. The van der Waals surface area contributed by atoms with Crippen LogP contribution >= 0.6 is 0 Å². The van der Waals surface area contributed by atoms with E-state index in [1.165, 1.54) is 77.0 Å². The number of para-hydroxylation sites is 1. The number of hydrogen-bond acceptors (Lipinski definition) is 2. The fourth-order valence-electron chi connectivity index (χ4n) is 4.71. The van der Waals surface area contributed by atoms with Gasteiger partial charge in [-0.3, -0.25) is 4.79 Å². The Balaban J connectivity index is 1.58. The van der Waals surface area contributed by atoms with Crippen molar-refractivity contribution in [3.05, 3.63) is 35.5 Å². The average molecular weight is 442 g/mol. The third-order valence-electron chi connectivity index (χ3n) is 6.60. The smallest absolute Gasteiger partial charge is 0.353 e. The second-order valence-corrected chi connectivity index (χ2v) is 9.23. The summed E-state index contributed by atoms with van der Waals surface area (Å²) in [6, 6.07) is 7.45. The van der Waals surface area contributed by atoms with Crippen molar-refractivity contribution in [2.45, 2.75) is 110 Å². The van der Waals surface area contributed by atoms with Crippen LogP contribution in [0.5, 0.6) is 0 Å². The zero-order chi connectivity index (χ0) is 23.2. The van der Waals surface area contributed by atoms with Crippen molar-refractivity contribution in [1.29, 1.82) is 0 Å². The summed E-state index contributed by atoms with van der Waals surface area (Å²) in [5, 5.41) is 10.4. The summed E-state index contributed by atoms with van der Waals surface area (Å²) in [7, 11) is 1.72. The molecule has 2 aromatic rings. The van der Waals surface area contributed by atoms with Gasteiger partial charge in [-0.1, -0.05) is 115 Å². The number of Topliss-reactive ketones (excluding diaryl/α,β-unsaturated/α-hetero) is 1. The molecule has 0 saturated heterocycles. The Morgan fingerprint density at radius 1 is 0.750 bits per heavy atom. The average Bonchev–Trinajstić information content (AvgIpc) is 3.09. The highest BCUT2D eigenvalue weighted by atomic mass is 16.4. The zero-order valence-corrected chi connectivity index (χ0v) is 20.3. The Kier molecular flexibility index (Phi) is 12.2. The Bertz CT molecular complexity index is 837. The standard InChI is InChI=1S/C28H43NO3/c1-3-4-5-6-7-8-9-10-11-12-13-14-15-16-17-22-25(30)26-23-20-18-19-21-24(23)29(2)27(26)28(31)32/h18-21H,3-17,22H2,1-2H3,(H,31,32). The van der Waals surface area contributed by atoms with E-state index in [4.69, 9.17) is 0 Å². The van der Waals surface area contributed by atoms with Crippen LogP contribution in [0.1, 0.15) is 131 Å². The van der Waals surface area contributed by atoms with Gasteiger partial charge in [0.15, 0.2) is 5.78 Å². The monoisotopic (exact) mass is 441 g/mol. The van der Waals surface area contributed by atoms with Gasteiger partial charge in [0.05, 0.1) is 5.56 Å². The number of aromatic nitrogens is 1. The summed E-state index contributed by atoms with van der Waals surface area (Å²) in [5.41, 5.74) is 1.28. The van der Waals surface area contributed by atoms with Crippen LogP contribution in [0.4, 0.5) is 0 Å². The molecule has 0 atom stereocenters. The van der Waals surface area contributed by atoms with E-state index in [-0.39, 0.29) is 11.5 Å². The summed E-state index contributed by atoms with van der Waals surface area (Å²) >= 11 is 0. The molecule has 32 heavy (non-hydrogen) atoms. The van der Waals surface area contributed by atoms with Gasteiger partial charge in [-0.25, -0.2) is 4.79 Å². The number of carboxylic acids is 1. The number of hydrogen-bond donors (Lipinski definition) is 1. The fourth-order valence-corrected chi connectivity index (χ4v) is 4.71. The minimum atomic E-state index is -1.04. The first kappa shape index (κ1) is 26.2. The highest BCUT2D eigenvalue weighted by Crippen LogP contribution is 2.27. The van der Waals surface area contributed by atoms with Gasteiger partial charge in [0.25, 0.3) is 0 Å². The first-order valence-corrected chi connectivity index (χ1v) is 12.9.